The van der Waals surface area contributed by atoms with E-state index in [9.17, 15) is 26.4 Å². The van der Waals surface area contributed by atoms with E-state index in [0.29, 0.717) is 5.56 Å². The van der Waals surface area contributed by atoms with Gasteiger partial charge in [-0.15, -0.1) is 0 Å². The largest absolute Gasteiger partial charge is 0.416 e. The van der Waals surface area contributed by atoms with Crippen LogP contribution < -0.4 is 4.72 Å². The maximum absolute atomic E-state index is 12.8. The van der Waals surface area contributed by atoms with Crippen molar-refractivity contribution in [3.8, 4) is 0 Å². The minimum absolute atomic E-state index is 0.0855. The molecule has 1 aliphatic heterocycles. The molecule has 0 bridgehead atoms. The molecule has 0 radical (unpaired) electrons. The molecule has 1 N–H and O–H groups in total. The Bertz CT molecular complexity index is 1030. The summed E-state index contributed by atoms with van der Waals surface area (Å²) in [5, 5.41) is 0. The highest BCUT2D eigenvalue weighted by atomic mass is 32.2. The van der Waals surface area contributed by atoms with Crippen LogP contribution in [0.3, 0.4) is 0 Å². The Balaban J connectivity index is 1.69. The monoisotopic (exact) mass is 438 g/mol. The summed E-state index contributed by atoms with van der Waals surface area (Å²) in [5.74, 6) is -0.0855. The number of hydrogen-bond acceptors (Lipinski definition) is 3. The molecule has 0 unspecified atom stereocenters. The van der Waals surface area contributed by atoms with Crippen LogP contribution in [0.15, 0.2) is 59.5 Å². The number of benzene rings is 2. The molecule has 9 heteroatoms. The average Bonchev–Trinajstić information content (AvgIpc) is 2.72. The smallest absolute Gasteiger partial charge is 0.339 e. The fourth-order valence-corrected chi connectivity index (χ4v) is 4.17. The zero-order chi connectivity index (χ0) is 21.8. The second-order valence-electron chi connectivity index (χ2n) is 6.97. The number of piperidine rings is 1. The van der Waals surface area contributed by atoms with Gasteiger partial charge in [-0.1, -0.05) is 18.2 Å². The summed E-state index contributed by atoms with van der Waals surface area (Å²) in [4.78, 5) is 13.8. The molecular weight excluding hydrogens is 417 g/mol. The van der Waals surface area contributed by atoms with Gasteiger partial charge in [-0.25, -0.2) is 8.42 Å². The van der Waals surface area contributed by atoms with Crippen LogP contribution in [0.1, 0.15) is 30.4 Å². The maximum atomic E-state index is 12.8. The van der Waals surface area contributed by atoms with Gasteiger partial charge in [0.15, 0.2) is 0 Å². The first-order valence-electron chi connectivity index (χ1n) is 9.42. The third-order valence-electron chi connectivity index (χ3n) is 4.72. The number of anilines is 1. The molecule has 0 aromatic heterocycles. The van der Waals surface area contributed by atoms with E-state index in [-0.39, 0.29) is 16.5 Å². The van der Waals surface area contributed by atoms with Crippen molar-refractivity contribution in [1.82, 2.24) is 4.90 Å². The van der Waals surface area contributed by atoms with Crippen molar-refractivity contribution in [3.05, 3.63) is 65.7 Å². The molecule has 2 aromatic carbocycles. The first-order valence-corrected chi connectivity index (χ1v) is 10.9. The van der Waals surface area contributed by atoms with Crippen LogP contribution in [0.25, 0.3) is 6.08 Å². The first-order chi connectivity index (χ1) is 14.1. The average molecular weight is 438 g/mol. The number of carbonyl (C=O) groups excluding carboxylic acids is 1. The Morgan fingerprint density at radius 1 is 1.00 bits per heavy atom. The fourth-order valence-electron chi connectivity index (χ4n) is 3.12. The molecule has 3 rings (SSSR count). The number of rotatable bonds is 5. The van der Waals surface area contributed by atoms with E-state index in [1.165, 1.54) is 36.4 Å². The van der Waals surface area contributed by atoms with Crippen molar-refractivity contribution in [2.24, 2.45) is 0 Å². The lowest BCUT2D eigenvalue weighted by atomic mass is 10.1. The van der Waals surface area contributed by atoms with E-state index >= 15 is 0 Å². The Kier molecular flexibility index (Phi) is 6.50. The molecule has 1 saturated heterocycles. The van der Waals surface area contributed by atoms with Crippen molar-refractivity contribution < 1.29 is 26.4 Å². The van der Waals surface area contributed by atoms with Crippen molar-refractivity contribution in [3.63, 3.8) is 0 Å². The lowest BCUT2D eigenvalue weighted by Crippen LogP contribution is -2.34. The van der Waals surface area contributed by atoms with Crippen molar-refractivity contribution >= 4 is 27.7 Å². The summed E-state index contributed by atoms with van der Waals surface area (Å²) in [6.45, 7) is 1.48. The predicted molar refractivity (Wildman–Crippen MR) is 108 cm³/mol. The number of amides is 1. The number of alkyl halides is 3. The van der Waals surface area contributed by atoms with E-state index in [1.54, 1.807) is 11.0 Å². The molecule has 160 valence electrons. The minimum Gasteiger partial charge on any atom is -0.339 e. The molecule has 1 fully saturated rings. The Morgan fingerprint density at radius 2 is 1.67 bits per heavy atom. The first kappa shape index (κ1) is 21.9. The minimum atomic E-state index is -4.57. The third-order valence-corrected chi connectivity index (χ3v) is 6.12. The summed E-state index contributed by atoms with van der Waals surface area (Å²) in [6, 6.07) is 9.71. The van der Waals surface area contributed by atoms with Gasteiger partial charge in [0, 0.05) is 24.9 Å². The summed E-state index contributed by atoms with van der Waals surface area (Å²) in [6.07, 6.45) is 1.60. The molecule has 1 aliphatic rings. The SMILES string of the molecule is O=C(C=Cc1ccc(S(=O)(=O)Nc2cccc(C(F)(F)F)c2)cc1)N1CCCCC1. The predicted octanol–water partition coefficient (Wildman–Crippen LogP) is 4.53. The Labute approximate surface area is 173 Å². The van der Waals surface area contributed by atoms with Crippen LogP contribution in [-0.4, -0.2) is 32.3 Å². The summed E-state index contributed by atoms with van der Waals surface area (Å²) < 4.78 is 65.5. The molecule has 1 heterocycles. The highest BCUT2D eigenvalue weighted by Gasteiger charge is 2.30. The van der Waals surface area contributed by atoms with Crippen LogP contribution in [0.4, 0.5) is 18.9 Å². The molecule has 0 aliphatic carbocycles. The second-order valence-corrected chi connectivity index (χ2v) is 8.65. The molecule has 2 aromatic rings. The normalized spacial score (nSPS) is 15.4. The number of halogens is 3. The Morgan fingerprint density at radius 3 is 2.30 bits per heavy atom. The highest BCUT2D eigenvalue weighted by molar-refractivity contribution is 7.92. The summed E-state index contributed by atoms with van der Waals surface area (Å²) >= 11 is 0. The van der Waals surface area contributed by atoms with Crippen molar-refractivity contribution in [1.29, 1.82) is 0 Å². The van der Waals surface area contributed by atoms with Gasteiger partial charge >= 0.3 is 6.18 Å². The number of nitrogens with one attached hydrogen (secondary N) is 1. The third kappa shape index (κ3) is 5.63. The number of hydrogen-bond donors (Lipinski definition) is 1. The number of nitrogens with zero attached hydrogens (tertiary/aromatic N) is 1. The van der Waals surface area contributed by atoms with Gasteiger partial charge in [-0.05, 0) is 61.2 Å². The lowest BCUT2D eigenvalue weighted by Gasteiger charge is -2.25. The van der Waals surface area contributed by atoms with Gasteiger partial charge in [-0.2, -0.15) is 13.2 Å². The lowest BCUT2D eigenvalue weighted by molar-refractivity contribution is -0.137. The maximum Gasteiger partial charge on any atom is 0.416 e. The van der Waals surface area contributed by atoms with Crippen LogP contribution in [0.2, 0.25) is 0 Å². The molecule has 0 spiro atoms. The van der Waals surface area contributed by atoms with Gasteiger partial charge in [0.2, 0.25) is 5.91 Å². The van der Waals surface area contributed by atoms with Gasteiger partial charge in [0.1, 0.15) is 0 Å². The van der Waals surface area contributed by atoms with E-state index in [0.717, 1.165) is 50.6 Å². The van der Waals surface area contributed by atoms with Gasteiger partial charge in [0.05, 0.1) is 10.5 Å². The van der Waals surface area contributed by atoms with Crippen LogP contribution in [0.5, 0.6) is 0 Å². The molecule has 0 atom stereocenters. The van der Waals surface area contributed by atoms with Gasteiger partial charge < -0.3 is 4.90 Å². The van der Waals surface area contributed by atoms with Gasteiger partial charge in [-0.3, -0.25) is 9.52 Å². The standard InChI is InChI=1S/C21H21F3N2O3S/c22-21(23,24)17-5-4-6-18(15-17)25-30(28,29)19-10-7-16(8-11-19)9-12-20(27)26-13-2-1-3-14-26/h4-12,15,25H,1-3,13-14H2. The zero-order valence-corrected chi connectivity index (χ0v) is 16.8. The molecule has 30 heavy (non-hydrogen) atoms. The van der Waals surface area contributed by atoms with Crippen molar-refractivity contribution in [2.45, 2.75) is 30.3 Å². The zero-order valence-electron chi connectivity index (χ0n) is 16.0. The second kappa shape index (κ2) is 8.91. The molecule has 5 nitrogen and oxygen atoms in total. The van der Waals surface area contributed by atoms with E-state index in [1.807, 2.05) is 0 Å². The summed E-state index contributed by atoms with van der Waals surface area (Å²) in [7, 11) is -4.06. The molecule has 0 saturated carbocycles. The summed E-state index contributed by atoms with van der Waals surface area (Å²) in [5.41, 5.74) is -0.485. The fraction of sp³-hybridized carbons (Fsp3) is 0.286. The van der Waals surface area contributed by atoms with Crippen LogP contribution >= 0.6 is 0 Å². The topological polar surface area (TPSA) is 66.5 Å². The highest BCUT2D eigenvalue weighted by Crippen LogP contribution is 2.31. The van der Waals surface area contributed by atoms with E-state index in [2.05, 4.69) is 4.72 Å². The Hall–Kier alpha value is -2.81. The van der Waals surface area contributed by atoms with Crippen LogP contribution in [-0.2, 0) is 21.0 Å². The number of likely N-dealkylation sites (tertiary alicyclic amines) is 1. The van der Waals surface area contributed by atoms with Crippen molar-refractivity contribution in [2.75, 3.05) is 17.8 Å². The molecular formula is C21H21F3N2O3S. The number of sulfonamides is 1. The molecule has 1 amide bonds. The number of carbonyl (C=O) groups is 1. The van der Waals surface area contributed by atoms with E-state index < -0.39 is 21.8 Å². The van der Waals surface area contributed by atoms with E-state index in [4.69, 9.17) is 0 Å². The van der Waals surface area contributed by atoms with Gasteiger partial charge in [0.25, 0.3) is 10.0 Å². The van der Waals surface area contributed by atoms with Crippen LogP contribution in [0, 0.1) is 0 Å². The quantitative estimate of drug-likeness (QED) is 0.698.